The summed E-state index contributed by atoms with van der Waals surface area (Å²) in [4.78, 5) is 2.35. The van der Waals surface area contributed by atoms with Crippen LogP contribution in [-0.4, -0.2) is 57.6 Å². The van der Waals surface area contributed by atoms with Gasteiger partial charge in [0.05, 0.1) is 12.6 Å². The van der Waals surface area contributed by atoms with E-state index in [2.05, 4.69) is 29.2 Å². The van der Waals surface area contributed by atoms with E-state index in [9.17, 15) is 5.11 Å². The van der Waals surface area contributed by atoms with E-state index in [0.29, 0.717) is 18.6 Å². The standard InChI is InChI=1S/C14H26N4O/c1-12(2)16-13-4-8-17(9-5-13)10-14(19)11-18-7-3-6-15-18/h3,6-7,12-14,16,19H,4-5,8-11H2,1-2H3. The van der Waals surface area contributed by atoms with Crippen molar-refractivity contribution >= 4 is 0 Å². The largest absolute Gasteiger partial charge is 0.390 e. The van der Waals surface area contributed by atoms with E-state index >= 15 is 0 Å². The fraction of sp³-hybridized carbons (Fsp3) is 0.786. The molecule has 5 nitrogen and oxygen atoms in total. The molecule has 1 aromatic heterocycles. The van der Waals surface area contributed by atoms with E-state index < -0.39 is 0 Å². The second-order valence-electron chi connectivity index (χ2n) is 5.78. The van der Waals surface area contributed by atoms with Crippen molar-refractivity contribution in [2.45, 2.75) is 51.4 Å². The van der Waals surface area contributed by atoms with Crippen LogP contribution in [0.25, 0.3) is 0 Å². The van der Waals surface area contributed by atoms with Gasteiger partial charge in [-0.15, -0.1) is 0 Å². The maximum absolute atomic E-state index is 10.1. The molecule has 1 aliphatic rings. The van der Waals surface area contributed by atoms with E-state index in [-0.39, 0.29) is 6.10 Å². The molecular formula is C14H26N4O. The molecule has 0 saturated carbocycles. The van der Waals surface area contributed by atoms with Crippen molar-refractivity contribution in [1.29, 1.82) is 0 Å². The minimum Gasteiger partial charge on any atom is -0.390 e. The number of likely N-dealkylation sites (tertiary alicyclic amines) is 1. The highest BCUT2D eigenvalue weighted by molar-refractivity contribution is 4.81. The third-order valence-electron chi connectivity index (χ3n) is 3.58. The quantitative estimate of drug-likeness (QED) is 0.796. The Bertz CT molecular complexity index is 344. The summed E-state index contributed by atoms with van der Waals surface area (Å²) < 4.78 is 1.79. The van der Waals surface area contributed by atoms with Gasteiger partial charge in [0.25, 0.3) is 0 Å². The van der Waals surface area contributed by atoms with Gasteiger partial charge >= 0.3 is 0 Å². The molecule has 0 bridgehead atoms. The summed E-state index contributed by atoms with van der Waals surface area (Å²) in [6, 6.07) is 3.08. The monoisotopic (exact) mass is 266 g/mol. The first kappa shape index (κ1) is 14.5. The number of nitrogens with zero attached hydrogens (tertiary/aromatic N) is 3. The van der Waals surface area contributed by atoms with E-state index in [0.717, 1.165) is 19.6 Å². The van der Waals surface area contributed by atoms with Crippen molar-refractivity contribution in [1.82, 2.24) is 20.0 Å². The van der Waals surface area contributed by atoms with Gasteiger partial charge in [-0.3, -0.25) is 4.68 Å². The van der Waals surface area contributed by atoms with Crippen LogP contribution in [0.3, 0.4) is 0 Å². The van der Waals surface area contributed by atoms with Gasteiger partial charge in [0, 0.05) is 31.0 Å². The second-order valence-corrected chi connectivity index (χ2v) is 5.78. The predicted octanol–water partition coefficient (Wildman–Crippen LogP) is 0.706. The molecule has 1 aliphatic heterocycles. The SMILES string of the molecule is CC(C)NC1CCN(CC(O)Cn2cccn2)CC1. The average Bonchev–Trinajstić information content (AvgIpc) is 2.83. The van der Waals surface area contributed by atoms with Gasteiger partial charge in [-0.2, -0.15) is 5.10 Å². The Kier molecular flexibility index (Phi) is 5.36. The van der Waals surface area contributed by atoms with Crippen molar-refractivity contribution in [3.8, 4) is 0 Å². The van der Waals surface area contributed by atoms with Crippen LogP contribution in [0, 0.1) is 0 Å². The van der Waals surface area contributed by atoms with Crippen LogP contribution < -0.4 is 5.32 Å². The van der Waals surface area contributed by atoms with Crippen molar-refractivity contribution < 1.29 is 5.11 Å². The topological polar surface area (TPSA) is 53.3 Å². The second kappa shape index (κ2) is 7.03. The maximum Gasteiger partial charge on any atom is 0.0862 e. The van der Waals surface area contributed by atoms with Crippen molar-refractivity contribution in [3.05, 3.63) is 18.5 Å². The number of aromatic nitrogens is 2. The van der Waals surface area contributed by atoms with Gasteiger partial charge in [-0.25, -0.2) is 0 Å². The van der Waals surface area contributed by atoms with Crippen LogP contribution in [0.15, 0.2) is 18.5 Å². The molecule has 0 aromatic carbocycles. The van der Waals surface area contributed by atoms with Gasteiger partial charge in [0.2, 0.25) is 0 Å². The van der Waals surface area contributed by atoms with E-state index in [1.165, 1.54) is 12.8 Å². The van der Waals surface area contributed by atoms with Crippen LogP contribution in [0.1, 0.15) is 26.7 Å². The van der Waals surface area contributed by atoms with Crippen LogP contribution in [0.2, 0.25) is 0 Å². The fourth-order valence-electron chi connectivity index (χ4n) is 2.73. The Hall–Kier alpha value is -0.910. The summed E-state index contributed by atoms with van der Waals surface area (Å²) in [7, 11) is 0. The number of aliphatic hydroxyl groups excluding tert-OH is 1. The number of β-amino-alcohol motifs (C(OH)–C–C–N with tert-alkyl or cyclic N) is 1. The molecule has 1 unspecified atom stereocenters. The molecule has 1 fully saturated rings. The fourth-order valence-corrected chi connectivity index (χ4v) is 2.73. The summed E-state index contributed by atoms with van der Waals surface area (Å²) in [5.74, 6) is 0. The van der Waals surface area contributed by atoms with Crippen LogP contribution in [0.5, 0.6) is 0 Å². The zero-order chi connectivity index (χ0) is 13.7. The lowest BCUT2D eigenvalue weighted by Crippen LogP contribution is -2.47. The number of piperidine rings is 1. The molecular weight excluding hydrogens is 240 g/mol. The lowest BCUT2D eigenvalue weighted by Gasteiger charge is -2.34. The molecule has 1 aromatic rings. The number of hydrogen-bond donors (Lipinski definition) is 2. The Balaban J connectivity index is 1.67. The molecule has 1 atom stereocenters. The van der Waals surface area contributed by atoms with Gasteiger partial charge in [-0.05, 0) is 32.0 Å². The summed E-state index contributed by atoms with van der Waals surface area (Å²) >= 11 is 0. The molecule has 108 valence electrons. The van der Waals surface area contributed by atoms with E-state index in [4.69, 9.17) is 0 Å². The highest BCUT2D eigenvalue weighted by Gasteiger charge is 2.21. The summed E-state index contributed by atoms with van der Waals surface area (Å²) in [5, 5.41) is 17.8. The first-order valence-corrected chi connectivity index (χ1v) is 7.27. The Labute approximate surface area is 115 Å². The average molecular weight is 266 g/mol. The Morgan fingerprint density at radius 2 is 2.05 bits per heavy atom. The molecule has 0 radical (unpaired) electrons. The number of nitrogens with one attached hydrogen (secondary N) is 1. The smallest absolute Gasteiger partial charge is 0.0862 e. The third kappa shape index (κ3) is 4.93. The summed E-state index contributed by atoms with van der Waals surface area (Å²) in [6.45, 7) is 7.85. The Morgan fingerprint density at radius 1 is 1.32 bits per heavy atom. The van der Waals surface area contributed by atoms with Crippen molar-refractivity contribution in [2.24, 2.45) is 0 Å². The van der Waals surface area contributed by atoms with Gasteiger partial charge in [0.15, 0.2) is 0 Å². The van der Waals surface area contributed by atoms with Gasteiger partial charge in [0.1, 0.15) is 0 Å². The summed E-state index contributed by atoms with van der Waals surface area (Å²) in [5.41, 5.74) is 0. The first-order chi connectivity index (χ1) is 9.13. The van der Waals surface area contributed by atoms with Gasteiger partial charge < -0.3 is 15.3 Å². The molecule has 0 aliphatic carbocycles. The third-order valence-corrected chi connectivity index (χ3v) is 3.58. The molecule has 2 heterocycles. The van der Waals surface area contributed by atoms with E-state index in [1.54, 1.807) is 10.9 Å². The summed E-state index contributed by atoms with van der Waals surface area (Å²) in [6.07, 6.45) is 5.64. The van der Waals surface area contributed by atoms with Crippen molar-refractivity contribution in [2.75, 3.05) is 19.6 Å². The van der Waals surface area contributed by atoms with E-state index in [1.807, 2.05) is 12.3 Å². The number of hydrogen-bond acceptors (Lipinski definition) is 4. The molecule has 0 amide bonds. The maximum atomic E-state index is 10.1. The highest BCUT2D eigenvalue weighted by Crippen LogP contribution is 2.11. The zero-order valence-corrected chi connectivity index (χ0v) is 12.0. The molecule has 2 rings (SSSR count). The van der Waals surface area contributed by atoms with Crippen LogP contribution in [-0.2, 0) is 6.54 Å². The molecule has 5 heteroatoms. The van der Waals surface area contributed by atoms with Crippen molar-refractivity contribution in [3.63, 3.8) is 0 Å². The highest BCUT2D eigenvalue weighted by atomic mass is 16.3. The predicted molar refractivity (Wildman–Crippen MR) is 76.0 cm³/mol. The molecule has 19 heavy (non-hydrogen) atoms. The normalized spacial score (nSPS) is 20.0. The number of aliphatic hydroxyl groups is 1. The zero-order valence-electron chi connectivity index (χ0n) is 12.0. The first-order valence-electron chi connectivity index (χ1n) is 7.27. The molecule has 1 saturated heterocycles. The van der Waals surface area contributed by atoms with Gasteiger partial charge in [-0.1, -0.05) is 13.8 Å². The lowest BCUT2D eigenvalue weighted by atomic mass is 10.0. The lowest BCUT2D eigenvalue weighted by molar-refractivity contribution is 0.0792. The number of rotatable bonds is 6. The van der Waals surface area contributed by atoms with Crippen LogP contribution >= 0.6 is 0 Å². The minimum absolute atomic E-state index is 0.338. The molecule has 2 N–H and O–H groups in total. The molecule has 0 spiro atoms. The van der Waals surface area contributed by atoms with Crippen LogP contribution in [0.4, 0.5) is 0 Å². The minimum atomic E-state index is -0.338. The Morgan fingerprint density at radius 3 is 2.63 bits per heavy atom.